The molecule has 0 saturated heterocycles. The van der Waals surface area contributed by atoms with E-state index in [4.69, 9.17) is 0 Å². The van der Waals surface area contributed by atoms with E-state index < -0.39 is 61.4 Å². The van der Waals surface area contributed by atoms with Crippen LogP contribution < -0.4 is 0 Å². The summed E-state index contributed by atoms with van der Waals surface area (Å²) < 4.78 is 126. The lowest BCUT2D eigenvalue weighted by molar-refractivity contribution is -0.284. The predicted molar refractivity (Wildman–Crippen MR) is 59.8 cm³/mol. The van der Waals surface area contributed by atoms with E-state index in [1.54, 1.807) is 0 Å². The maximum atomic E-state index is 12.6. The smallest absolute Gasteiger partial charge is 0.453 e. The van der Waals surface area contributed by atoms with Crippen molar-refractivity contribution in [3.8, 4) is 0 Å². The molecule has 0 rings (SSSR count). The monoisotopic (exact) mass is 362 g/mol. The van der Waals surface area contributed by atoms with Crippen LogP contribution in [0.1, 0.15) is 25.7 Å². The van der Waals surface area contributed by atoms with E-state index >= 15 is 0 Å². The molecule has 0 aromatic carbocycles. The van der Waals surface area contributed by atoms with Gasteiger partial charge in [-0.1, -0.05) is 13.2 Å². The van der Waals surface area contributed by atoms with Gasteiger partial charge in [-0.25, -0.2) is 0 Å². The topological polar surface area (TPSA) is 9.23 Å². The van der Waals surface area contributed by atoms with Gasteiger partial charge in [-0.05, 0) is 0 Å². The van der Waals surface area contributed by atoms with Gasteiger partial charge in [-0.2, -0.15) is 43.9 Å². The van der Waals surface area contributed by atoms with E-state index in [0.29, 0.717) is 0 Å². The van der Waals surface area contributed by atoms with Crippen LogP contribution in [-0.4, -0.2) is 24.2 Å². The lowest BCUT2D eigenvalue weighted by atomic mass is 10.1. The number of ether oxygens (including phenoxy) is 1. The van der Waals surface area contributed by atoms with Crippen molar-refractivity contribution in [2.45, 2.75) is 49.9 Å². The van der Waals surface area contributed by atoms with Gasteiger partial charge in [-0.3, -0.25) is 0 Å². The van der Waals surface area contributed by atoms with Crippen LogP contribution in [0, 0.1) is 0 Å². The maximum absolute atomic E-state index is 12.6. The van der Waals surface area contributed by atoms with Gasteiger partial charge in [0.15, 0.2) is 0 Å². The van der Waals surface area contributed by atoms with E-state index in [9.17, 15) is 43.9 Å². The Balaban J connectivity index is 4.36. The van der Waals surface area contributed by atoms with Crippen molar-refractivity contribution in [3.63, 3.8) is 0 Å². The third-order valence-corrected chi connectivity index (χ3v) is 2.55. The van der Waals surface area contributed by atoms with Crippen molar-refractivity contribution in [1.82, 2.24) is 0 Å². The highest BCUT2D eigenvalue weighted by Gasteiger charge is 2.57. The molecule has 0 bridgehead atoms. The molecule has 11 heteroatoms. The molecule has 23 heavy (non-hydrogen) atoms. The molecule has 0 aromatic rings. The minimum atomic E-state index is -5.78. The molecule has 0 aliphatic heterocycles. The largest absolute Gasteiger partial charge is 0.467 e. The molecule has 0 N–H and O–H groups in total. The van der Waals surface area contributed by atoms with Crippen LogP contribution in [0.25, 0.3) is 0 Å². The summed E-state index contributed by atoms with van der Waals surface area (Å²) in [4.78, 5) is 0. The quantitative estimate of drug-likeness (QED) is 0.381. The van der Waals surface area contributed by atoms with Crippen LogP contribution in [0.5, 0.6) is 0 Å². The number of halogens is 10. The minimum Gasteiger partial charge on any atom is -0.467 e. The summed E-state index contributed by atoms with van der Waals surface area (Å²) in [7, 11) is 0. The van der Waals surface area contributed by atoms with Crippen LogP contribution in [0.3, 0.4) is 0 Å². The first-order valence-corrected chi connectivity index (χ1v) is 5.92. The summed E-state index contributed by atoms with van der Waals surface area (Å²) in [6, 6.07) is 0. The summed E-state index contributed by atoms with van der Waals surface area (Å²) >= 11 is 0. The van der Waals surface area contributed by atoms with Crippen molar-refractivity contribution in [1.29, 1.82) is 0 Å². The van der Waals surface area contributed by atoms with Gasteiger partial charge in [0.25, 0.3) is 0 Å². The fraction of sp³-hybridized carbons (Fsp3) is 0.667. The second-order valence-corrected chi connectivity index (χ2v) is 4.58. The molecule has 0 atom stereocenters. The molecule has 0 fully saturated rings. The van der Waals surface area contributed by atoms with E-state index in [0.717, 1.165) is 0 Å². The fourth-order valence-electron chi connectivity index (χ4n) is 1.18. The molecule has 0 amide bonds. The molecule has 0 aliphatic carbocycles. The van der Waals surface area contributed by atoms with Crippen LogP contribution >= 0.6 is 0 Å². The molecule has 0 spiro atoms. The standard InChI is InChI=1S/C12H12F10O/c1-7(3-5-9(13,14)11(17,18)19)23-8(2)4-6-10(15,16)12(20,21)22/h1-6H2. The Kier molecular flexibility index (Phi) is 6.56. The highest BCUT2D eigenvalue weighted by atomic mass is 19.4. The second-order valence-electron chi connectivity index (χ2n) is 4.58. The Morgan fingerprint density at radius 1 is 0.609 bits per heavy atom. The zero-order valence-corrected chi connectivity index (χ0v) is 11.4. The molecule has 0 saturated carbocycles. The highest BCUT2D eigenvalue weighted by molar-refractivity contribution is 4.96. The van der Waals surface area contributed by atoms with E-state index in [2.05, 4.69) is 17.9 Å². The summed E-state index contributed by atoms with van der Waals surface area (Å²) in [5.41, 5.74) is 0. The van der Waals surface area contributed by atoms with Gasteiger partial charge >= 0.3 is 24.2 Å². The first-order chi connectivity index (χ1) is 9.99. The van der Waals surface area contributed by atoms with E-state index in [1.165, 1.54) is 0 Å². The third-order valence-electron chi connectivity index (χ3n) is 2.55. The van der Waals surface area contributed by atoms with E-state index in [1.807, 2.05) is 0 Å². The fourth-order valence-corrected chi connectivity index (χ4v) is 1.18. The molecule has 0 aromatic heterocycles. The van der Waals surface area contributed by atoms with Crippen molar-refractivity contribution in [3.05, 3.63) is 24.7 Å². The summed E-state index contributed by atoms with van der Waals surface area (Å²) in [5.74, 6) is -11.3. The van der Waals surface area contributed by atoms with Gasteiger partial charge in [0.1, 0.15) is 0 Å². The van der Waals surface area contributed by atoms with Crippen molar-refractivity contribution >= 4 is 0 Å². The summed E-state index contributed by atoms with van der Waals surface area (Å²) in [5, 5.41) is 0. The molecule has 0 heterocycles. The first kappa shape index (κ1) is 21.6. The number of alkyl halides is 10. The van der Waals surface area contributed by atoms with Gasteiger partial charge in [-0.15, -0.1) is 0 Å². The Hall–Kier alpha value is -1.42. The molecule has 0 radical (unpaired) electrons. The maximum Gasteiger partial charge on any atom is 0.453 e. The Morgan fingerprint density at radius 2 is 0.870 bits per heavy atom. The van der Waals surface area contributed by atoms with Gasteiger partial charge in [0, 0.05) is 25.7 Å². The average molecular weight is 362 g/mol. The molecule has 136 valence electrons. The highest BCUT2D eigenvalue weighted by Crippen LogP contribution is 2.41. The zero-order valence-electron chi connectivity index (χ0n) is 11.4. The molecule has 0 aliphatic rings. The lowest BCUT2D eigenvalue weighted by Gasteiger charge is -2.21. The predicted octanol–water partition coefficient (Wildman–Crippen LogP) is 5.99. The normalized spacial score (nSPS) is 13.8. The second kappa shape index (κ2) is 7.00. The van der Waals surface area contributed by atoms with Crippen molar-refractivity contribution < 1.29 is 48.6 Å². The van der Waals surface area contributed by atoms with E-state index in [-0.39, 0.29) is 0 Å². The van der Waals surface area contributed by atoms with Gasteiger partial charge in [0.2, 0.25) is 0 Å². The molecular formula is C12H12F10O. The van der Waals surface area contributed by atoms with Crippen LogP contribution in [0.2, 0.25) is 0 Å². The third kappa shape index (κ3) is 6.69. The zero-order chi connectivity index (χ0) is 18.7. The molecule has 1 nitrogen and oxygen atoms in total. The number of hydrogen-bond donors (Lipinski definition) is 0. The summed E-state index contributed by atoms with van der Waals surface area (Å²) in [6.45, 7) is 5.96. The molecule has 0 unspecified atom stereocenters. The Morgan fingerprint density at radius 3 is 1.09 bits per heavy atom. The number of rotatable bonds is 8. The van der Waals surface area contributed by atoms with Gasteiger partial charge in [0.05, 0.1) is 11.5 Å². The van der Waals surface area contributed by atoms with Crippen molar-refractivity contribution in [2.24, 2.45) is 0 Å². The SMILES string of the molecule is C=C(CCC(F)(F)C(F)(F)F)OC(=C)CCC(F)(F)C(F)(F)F. The average Bonchev–Trinajstić information content (AvgIpc) is 2.31. The summed E-state index contributed by atoms with van der Waals surface area (Å²) in [6.07, 6.45) is -16.9. The minimum absolute atomic E-state index is 0.658. The van der Waals surface area contributed by atoms with Crippen molar-refractivity contribution in [2.75, 3.05) is 0 Å². The Bertz CT molecular complexity index is 392. The van der Waals surface area contributed by atoms with Crippen LogP contribution in [0.4, 0.5) is 43.9 Å². The number of allylic oxidation sites excluding steroid dienone is 2. The number of hydrogen-bond acceptors (Lipinski definition) is 1. The van der Waals surface area contributed by atoms with Crippen LogP contribution in [0.15, 0.2) is 24.7 Å². The lowest BCUT2D eigenvalue weighted by Crippen LogP contribution is -2.36. The van der Waals surface area contributed by atoms with Gasteiger partial charge < -0.3 is 4.74 Å². The van der Waals surface area contributed by atoms with Crippen LogP contribution in [-0.2, 0) is 4.74 Å². The Labute approximate surface area is 124 Å². The first-order valence-electron chi connectivity index (χ1n) is 5.92. The molecular weight excluding hydrogens is 350 g/mol.